The maximum Gasteiger partial charge on any atom is 0.307 e. The van der Waals surface area contributed by atoms with E-state index in [0.29, 0.717) is 12.6 Å². The minimum Gasteiger partial charge on any atom is -0.481 e. The van der Waals surface area contributed by atoms with Crippen LogP contribution in [0, 0.1) is 5.92 Å². The molecule has 0 radical (unpaired) electrons. The Kier molecular flexibility index (Phi) is 5.77. The zero-order valence-corrected chi connectivity index (χ0v) is 10.4. The van der Waals surface area contributed by atoms with E-state index in [-0.39, 0.29) is 5.92 Å². The van der Waals surface area contributed by atoms with Crippen molar-refractivity contribution in [1.29, 1.82) is 0 Å². The number of aliphatic carboxylic acids is 1. The largest absolute Gasteiger partial charge is 0.481 e. The third-order valence-corrected chi connectivity index (χ3v) is 3.33. The van der Waals surface area contributed by atoms with Gasteiger partial charge in [0, 0.05) is 19.1 Å². The molecule has 4 heteroatoms. The summed E-state index contributed by atoms with van der Waals surface area (Å²) in [6.07, 6.45) is 3.96. The summed E-state index contributed by atoms with van der Waals surface area (Å²) in [5, 5.41) is 12.0. The highest BCUT2D eigenvalue weighted by atomic mass is 16.4. The number of carboxylic acid groups (broad SMARTS) is 1. The van der Waals surface area contributed by atoms with Gasteiger partial charge in [-0.1, -0.05) is 13.3 Å². The van der Waals surface area contributed by atoms with Gasteiger partial charge >= 0.3 is 5.97 Å². The maximum atomic E-state index is 10.6. The van der Waals surface area contributed by atoms with Gasteiger partial charge in [-0.2, -0.15) is 0 Å². The quantitative estimate of drug-likeness (QED) is 0.716. The first kappa shape index (κ1) is 13.5. The number of carboxylic acids is 1. The lowest BCUT2D eigenvalue weighted by Crippen LogP contribution is -2.44. The highest BCUT2D eigenvalue weighted by Crippen LogP contribution is 2.11. The molecular formula is C12H24N2O2. The molecule has 0 saturated carbocycles. The summed E-state index contributed by atoms with van der Waals surface area (Å²) in [6, 6.07) is 0.515. The zero-order chi connectivity index (χ0) is 12.0. The van der Waals surface area contributed by atoms with Gasteiger partial charge in [-0.15, -0.1) is 0 Å². The van der Waals surface area contributed by atoms with Crippen LogP contribution < -0.4 is 5.32 Å². The monoisotopic (exact) mass is 228 g/mol. The Morgan fingerprint density at radius 1 is 1.25 bits per heavy atom. The van der Waals surface area contributed by atoms with Crippen LogP contribution in [0.1, 0.15) is 33.1 Å². The van der Waals surface area contributed by atoms with Crippen molar-refractivity contribution in [3.8, 4) is 0 Å². The number of nitrogens with zero attached hydrogens (tertiary/aromatic N) is 1. The predicted octanol–water partition coefficient (Wildman–Crippen LogP) is 1.17. The summed E-state index contributed by atoms with van der Waals surface area (Å²) in [6.45, 7) is 7.78. The molecule has 4 nitrogen and oxygen atoms in total. The number of nitrogens with one attached hydrogen (secondary N) is 1. The number of likely N-dealkylation sites (tertiary alicyclic amines) is 1. The summed E-state index contributed by atoms with van der Waals surface area (Å²) in [5.74, 6) is -1.02. The van der Waals surface area contributed by atoms with Crippen molar-refractivity contribution < 1.29 is 9.90 Å². The molecule has 2 unspecified atom stereocenters. The standard InChI is InChI=1S/C12H24N2O2/c1-10(12(15)16)8-13-9-11(2)14-6-4-3-5-7-14/h10-11,13H,3-9H2,1-2H3,(H,15,16). The van der Waals surface area contributed by atoms with Crippen LogP contribution in [0.4, 0.5) is 0 Å². The average Bonchev–Trinajstić information content (AvgIpc) is 2.29. The molecule has 2 atom stereocenters. The van der Waals surface area contributed by atoms with Gasteiger partial charge in [0.1, 0.15) is 0 Å². The molecule has 1 aliphatic rings. The second kappa shape index (κ2) is 6.86. The van der Waals surface area contributed by atoms with E-state index in [9.17, 15) is 4.79 Å². The second-order valence-electron chi connectivity index (χ2n) is 4.84. The van der Waals surface area contributed by atoms with Crippen molar-refractivity contribution in [2.75, 3.05) is 26.2 Å². The molecule has 0 aromatic carbocycles. The molecule has 0 aromatic heterocycles. The molecular weight excluding hydrogens is 204 g/mol. The minimum absolute atomic E-state index is 0.298. The van der Waals surface area contributed by atoms with Gasteiger partial charge in [0.05, 0.1) is 5.92 Å². The Morgan fingerprint density at radius 3 is 2.44 bits per heavy atom. The van der Waals surface area contributed by atoms with Crippen molar-refractivity contribution in [2.45, 2.75) is 39.2 Å². The fourth-order valence-electron chi connectivity index (χ4n) is 2.08. The highest BCUT2D eigenvalue weighted by Gasteiger charge is 2.17. The van der Waals surface area contributed by atoms with Crippen molar-refractivity contribution in [2.24, 2.45) is 5.92 Å². The second-order valence-corrected chi connectivity index (χ2v) is 4.84. The van der Waals surface area contributed by atoms with Gasteiger partial charge in [0.15, 0.2) is 0 Å². The third-order valence-electron chi connectivity index (χ3n) is 3.33. The van der Waals surface area contributed by atoms with E-state index in [1.807, 2.05) is 0 Å². The fourth-order valence-corrected chi connectivity index (χ4v) is 2.08. The maximum absolute atomic E-state index is 10.6. The van der Waals surface area contributed by atoms with Gasteiger partial charge in [-0.05, 0) is 32.9 Å². The van der Waals surface area contributed by atoms with E-state index in [0.717, 1.165) is 6.54 Å². The Bertz CT molecular complexity index is 215. The fraction of sp³-hybridized carbons (Fsp3) is 0.917. The van der Waals surface area contributed by atoms with Crippen LogP contribution in [0.3, 0.4) is 0 Å². The van der Waals surface area contributed by atoms with Gasteiger partial charge in [0.25, 0.3) is 0 Å². The Balaban J connectivity index is 2.14. The molecule has 16 heavy (non-hydrogen) atoms. The van der Waals surface area contributed by atoms with Crippen molar-refractivity contribution in [3.63, 3.8) is 0 Å². The summed E-state index contributed by atoms with van der Waals surface area (Å²) < 4.78 is 0. The Labute approximate surface area is 98.0 Å². The molecule has 0 bridgehead atoms. The van der Waals surface area contributed by atoms with Crippen LogP contribution in [0.15, 0.2) is 0 Å². The van der Waals surface area contributed by atoms with E-state index in [2.05, 4.69) is 17.1 Å². The van der Waals surface area contributed by atoms with Crippen LogP contribution >= 0.6 is 0 Å². The van der Waals surface area contributed by atoms with Gasteiger partial charge in [0.2, 0.25) is 0 Å². The van der Waals surface area contributed by atoms with E-state index in [4.69, 9.17) is 5.11 Å². The summed E-state index contributed by atoms with van der Waals surface area (Å²) in [4.78, 5) is 13.1. The van der Waals surface area contributed by atoms with Crippen LogP contribution in [-0.2, 0) is 4.79 Å². The van der Waals surface area contributed by atoms with E-state index >= 15 is 0 Å². The number of piperidine rings is 1. The number of hydrogen-bond acceptors (Lipinski definition) is 3. The molecule has 1 heterocycles. The molecule has 1 rings (SSSR count). The third kappa shape index (κ3) is 4.49. The van der Waals surface area contributed by atoms with E-state index < -0.39 is 5.97 Å². The first-order chi connectivity index (χ1) is 7.61. The zero-order valence-electron chi connectivity index (χ0n) is 10.4. The van der Waals surface area contributed by atoms with Gasteiger partial charge in [-0.25, -0.2) is 0 Å². The normalized spacial score (nSPS) is 21.6. The predicted molar refractivity (Wildman–Crippen MR) is 64.6 cm³/mol. The first-order valence-electron chi connectivity index (χ1n) is 6.29. The van der Waals surface area contributed by atoms with Crippen LogP contribution in [-0.4, -0.2) is 48.2 Å². The van der Waals surface area contributed by atoms with Crippen LogP contribution in [0.5, 0.6) is 0 Å². The lowest BCUT2D eigenvalue weighted by Gasteiger charge is -2.32. The van der Waals surface area contributed by atoms with Gasteiger partial charge < -0.3 is 10.4 Å². The first-order valence-corrected chi connectivity index (χ1v) is 6.29. The van der Waals surface area contributed by atoms with Gasteiger partial charge in [-0.3, -0.25) is 9.69 Å². The van der Waals surface area contributed by atoms with Crippen molar-refractivity contribution in [1.82, 2.24) is 10.2 Å². The lowest BCUT2D eigenvalue weighted by molar-refractivity contribution is -0.140. The average molecular weight is 228 g/mol. The van der Waals surface area contributed by atoms with Crippen molar-refractivity contribution in [3.05, 3.63) is 0 Å². The molecule has 0 spiro atoms. The molecule has 2 N–H and O–H groups in total. The van der Waals surface area contributed by atoms with Crippen LogP contribution in [0.2, 0.25) is 0 Å². The summed E-state index contributed by atoms with van der Waals surface area (Å²) in [7, 11) is 0. The number of hydrogen-bond donors (Lipinski definition) is 2. The topological polar surface area (TPSA) is 52.6 Å². The number of rotatable bonds is 6. The SMILES string of the molecule is CC(CNCC(C)N1CCCCC1)C(=O)O. The van der Waals surface area contributed by atoms with Crippen molar-refractivity contribution >= 4 is 5.97 Å². The molecule has 1 saturated heterocycles. The Hall–Kier alpha value is -0.610. The lowest BCUT2D eigenvalue weighted by atomic mass is 10.1. The highest BCUT2D eigenvalue weighted by molar-refractivity contribution is 5.69. The summed E-state index contributed by atoms with van der Waals surface area (Å²) in [5.41, 5.74) is 0. The molecule has 94 valence electrons. The van der Waals surface area contributed by atoms with Crippen LogP contribution in [0.25, 0.3) is 0 Å². The van der Waals surface area contributed by atoms with E-state index in [1.165, 1.54) is 32.4 Å². The molecule has 1 aliphatic heterocycles. The number of carbonyl (C=O) groups is 1. The van der Waals surface area contributed by atoms with E-state index in [1.54, 1.807) is 6.92 Å². The summed E-state index contributed by atoms with van der Waals surface area (Å²) >= 11 is 0. The smallest absolute Gasteiger partial charge is 0.307 e. The molecule has 0 aromatic rings. The molecule has 1 fully saturated rings. The minimum atomic E-state index is -0.724. The Morgan fingerprint density at radius 2 is 1.88 bits per heavy atom. The molecule has 0 amide bonds. The molecule has 0 aliphatic carbocycles.